The van der Waals surface area contributed by atoms with E-state index in [4.69, 9.17) is 4.74 Å². The van der Waals surface area contributed by atoms with Gasteiger partial charge in [0.05, 0.1) is 11.8 Å². The van der Waals surface area contributed by atoms with Gasteiger partial charge in [-0.05, 0) is 32.6 Å². The van der Waals surface area contributed by atoms with Gasteiger partial charge in [0.15, 0.2) is 0 Å². The van der Waals surface area contributed by atoms with Gasteiger partial charge >= 0.3 is 0 Å². The van der Waals surface area contributed by atoms with Crippen LogP contribution in [0, 0.1) is 5.41 Å². The number of rotatable bonds is 6. The van der Waals surface area contributed by atoms with Gasteiger partial charge in [-0.15, -0.1) is 0 Å². The summed E-state index contributed by atoms with van der Waals surface area (Å²) >= 11 is 0. The van der Waals surface area contributed by atoms with Gasteiger partial charge in [-0.2, -0.15) is 5.10 Å². The molecule has 0 saturated heterocycles. The summed E-state index contributed by atoms with van der Waals surface area (Å²) in [5, 5.41) is 8.35. The van der Waals surface area contributed by atoms with E-state index in [2.05, 4.69) is 30.5 Å². The summed E-state index contributed by atoms with van der Waals surface area (Å²) in [6.45, 7) is 6.09. The minimum absolute atomic E-state index is 0.421. The van der Waals surface area contributed by atoms with Crippen LogP contribution < -0.4 is 5.32 Å². The Labute approximate surface area is 128 Å². The zero-order chi connectivity index (χ0) is 14.9. The molecule has 21 heavy (non-hydrogen) atoms. The van der Waals surface area contributed by atoms with Crippen molar-refractivity contribution in [1.29, 1.82) is 0 Å². The first-order valence-corrected chi connectivity index (χ1v) is 8.56. The molecule has 0 radical (unpaired) electrons. The highest BCUT2D eigenvalue weighted by molar-refractivity contribution is 5.18. The first-order chi connectivity index (χ1) is 10.2. The zero-order valence-electron chi connectivity index (χ0n) is 13.7. The minimum atomic E-state index is 0.421. The van der Waals surface area contributed by atoms with E-state index in [1.54, 1.807) is 0 Å². The molecule has 1 aromatic heterocycles. The van der Waals surface area contributed by atoms with Crippen molar-refractivity contribution in [3.05, 3.63) is 17.5 Å². The Bertz CT molecular complexity index is 476. The molecule has 0 amide bonds. The van der Waals surface area contributed by atoms with Crippen LogP contribution >= 0.6 is 0 Å². The summed E-state index contributed by atoms with van der Waals surface area (Å²) < 4.78 is 7.93. The number of hydrogen-bond acceptors (Lipinski definition) is 3. The minimum Gasteiger partial charge on any atom is -0.378 e. The maximum atomic E-state index is 5.99. The predicted molar refractivity (Wildman–Crippen MR) is 84.1 cm³/mol. The largest absolute Gasteiger partial charge is 0.378 e. The maximum Gasteiger partial charge on any atom is 0.0666 e. The predicted octanol–water partition coefficient (Wildman–Crippen LogP) is 2.81. The molecular formula is C17H29N3O. The highest BCUT2D eigenvalue weighted by Gasteiger charge is 2.56. The molecule has 1 spiro atoms. The fourth-order valence-electron chi connectivity index (χ4n) is 4.43. The summed E-state index contributed by atoms with van der Waals surface area (Å²) in [4.78, 5) is 0. The number of hydrogen-bond donors (Lipinski definition) is 1. The van der Waals surface area contributed by atoms with E-state index in [9.17, 15) is 0 Å². The molecule has 1 N–H and O–H groups in total. The van der Waals surface area contributed by atoms with Gasteiger partial charge in [0.2, 0.25) is 0 Å². The van der Waals surface area contributed by atoms with Crippen LogP contribution in [0.3, 0.4) is 0 Å². The number of aromatic nitrogens is 2. The summed E-state index contributed by atoms with van der Waals surface area (Å²) in [6, 6.07) is 0.626. The van der Waals surface area contributed by atoms with E-state index in [1.165, 1.54) is 43.4 Å². The molecular weight excluding hydrogens is 262 g/mol. The van der Waals surface area contributed by atoms with Crippen LogP contribution in [0.15, 0.2) is 6.20 Å². The van der Waals surface area contributed by atoms with Gasteiger partial charge in [-0.25, -0.2) is 0 Å². The molecule has 3 rings (SSSR count). The Morgan fingerprint density at radius 3 is 2.81 bits per heavy atom. The topological polar surface area (TPSA) is 39.1 Å². The van der Waals surface area contributed by atoms with Crippen molar-refractivity contribution < 1.29 is 4.74 Å². The molecule has 2 unspecified atom stereocenters. The molecule has 0 aromatic carbocycles. The third kappa shape index (κ3) is 2.64. The lowest BCUT2D eigenvalue weighted by Gasteiger charge is -2.54. The first kappa shape index (κ1) is 15.0. The van der Waals surface area contributed by atoms with Crippen LogP contribution in [0.2, 0.25) is 0 Å². The maximum absolute atomic E-state index is 5.99. The molecule has 2 fully saturated rings. The van der Waals surface area contributed by atoms with Gasteiger partial charge in [-0.1, -0.05) is 19.8 Å². The van der Waals surface area contributed by atoms with Gasteiger partial charge in [-0.3, -0.25) is 4.68 Å². The second-order valence-corrected chi connectivity index (χ2v) is 6.68. The fourth-order valence-corrected chi connectivity index (χ4v) is 4.43. The molecule has 2 saturated carbocycles. The van der Waals surface area contributed by atoms with Gasteiger partial charge < -0.3 is 10.1 Å². The van der Waals surface area contributed by atoms with Gasteiger partial charge in [0.25, 0.3) is 0 Å². The van der Waals surface area contributed by atoms with E-state index in [0.29, 0.717) is 17.6 Å². The second kappa shape index (κ2) is 6.09. The van der Waals surface area contributed by atoms with Crippen LogP contribution in [-0.2, 0) is 24.8 Å². The Morgan fingerprint density at radius 2 is 2.14 bits per heavy atom. The average molecular weight is 291 g/mol. The van der Waals surface area contributed by atoms with E-state index in [-0.39, 0.29) is 0 Å². The van der Waals surface area contributed by atoms with Crippen LogP contribution in [0.4, 0.5) is 0 Å². The highest BCUT2D eigenvalue weighted by atomic mass is 16.5. The molecule has 2 atom stereocenters. The van der Waals surface area contributed by atoms with Gasteiger partial charge in [0.1, 0.15) is 0 Å². The smallest absolute Gasteiger partial charge is 0.0666 e. The fraction of sp³-hybridized carbons (Fsp3) is 0.824. The van der Waals surface area contributed by atoms with Crippen molar-refractivity contribution in [2.45, 2.75) is 71.1 Å². The van der Waals surface area contributed by atoms with E-state index in [1.807, 2.05) is 11.7 Å². The van der Waals surface area contributed by atoms with E-state index >= 15 is 0 Å². The third-order valence-corrected chi connectivity index (χ3v) is 5.55. The molecule has 1 aromatic rings. The van der Waals surface area contributed by atoms with Crippen LogP contribution in [0.5, 0.6) is 0 Å². The molecule has 1 heterocycles. The quantitative estimate of drug-likeness (QED) is 0.876. The van der Waals surface area contributed by atoms with Crippen molar-refractivity contribution in [1.82, 2.24) is 15.1 Å². The monoisotopic (exact) mass is 291 g/mol. The van der Waals surface area contributed by atoms with Crippen molar-refractivity contribution in [2.24, 2.45) is 12.5 Å². The van der Waals surface area contributed by atoms with Crippen LogP contribution in [-0.4, -0.2) is 28.5 Å². The Hall–Kier alpha value is -0.870. The van der Waals surface area contributed by atoms with Crippen molar-refractivity contribution >= 4 is 0 Å². The Morgan fingerprint density at radius 1 is 1.38 bits per heavy atom. The van der Waals surface area contributed by atoms with Crippen LogP contribution in [0.25, 0.3) is 0 Å². The Kier molecular flexibility index (Phi) is 4.36. The molecule has 2 aliphatic rings. The molecule has 4 heteroatoms. The highest BCUT2D eigenvalue weighted by Crippen LogP contribution is 2.54. The number of aryl methyl sites for hydroxylation is 2. The first-order valence-electron chi connectivity index (χ1n) is 8.56. The summed E-state index contributed by atoms with van der Waals surface area (Å²) in [5.74, 6) is 0. The van der Waals surface area contributed by atoms with Gasteiger partial charge in [0, 0.05) is 43.4 Å². The third-order valence-electron chi connectivity index (χ3n) is 5.55. The number of ether oxygens (including phenoxy) is 1. The van der Waals surface area contributed by atoms with E-state index < -0.39 is 0 Å². The normalized spacial score (nSPS) is 27.2. The lowest BCUT2D eigenvalue weighted by atomic mass is 9.60. The summed E-state index contributed by atoms with van der Waals surface area (Å²) in [5.41, 5.74) is 3.00. The number of nitrogens with one attached hydrogen (secondary N) is 1. The molecule has 2 aliphatic carbocycles. The lowest BCUT2D eigenvalue weighted by Crippen LogP contribution is -2.62. The zero-order valence-corrected chi connectivity index (χ0v) is 13.7. The lowest BCUT2D eigenvalue weighted by molar-refractivity contribution is -0.130. The standard InChI is InChI=1S/C17H29N3O/c1-4-14-13(12-20(3)19-14)11-18-15-10-16(21-5-2)17(15)8-6-7-9-17/h12,15-16,18H,4-11H2,1-3H3. The Balaban J connectivity index is 1.63. The molecule has 0 bridgehead atoms. The van der Waals surface area contributed by atoms with Crippen molar-refractivity contribution in [3.8, 4) is 0 Å². The summed E-state index contributed by atoms with van der Waals surface area (Å²) in [7, 11) is 2.01. The molecule has 0 aliphatic heterocycles. The van der Waals surface area contributed by atoms with Crippen LogP contribution in [0.1, 0.15) is 57.2 Å². The van der Waals surface area contributed by atoms with Crippen molar-refractivity contribution in [2.75, 3.05) is 6.61 Å². The second-order valence-electron chi connectivity index (χ2n) is 6.68. The number of nitrogens with zero attached hydrogens (tertiary/aromatic N) is 2. The van der Waals surface area contributed by atoms with E-state index in [0.717, 1.165) is 19.6 Å². The van der Waals surface area contributed by atoms with Crippen molar-refractivity contribution in [3.63, 3.8) is 0 Å². The molecule has 118 valence electrons. The SMILES string of the molecule is CCOC1CC(NCc2cn(C)nc2CC)C12CCCC2. The molecule has 4 nitrogen and oxygen atoms in total. The summed E-state index contributed by atoms with van der Waals surface area (Å²) in [6.07, 6.45) is 10.2. The average Bonchev–Trinajstić information content (AvgIpc) is 3.10.